The molecule has 0 spiro atoms. The quantitative estimate of drug-likeness (QED) is 0.0526. The van der Waals surface area contributed by atoms with Crippen molar-refractivity contribution in [3.63, 3.8) is 0 Å². The van der Waals surface area contributed by atoms with Crippen molar-refractivity contribution in [3.8, 4) is 11.5 Å². The first-order valence-electron chi connectivity index (χ1n) is 18.4. The lowest BCUT2D eigenvalue weighted by molar-refractivity contribution is 0.104. The SMILES string of the molecule is CCCCCCCCCCCCCCCCOc1ccc(/C=C/C(=O)c2cccc(OCCCCCCCCCC)c2)cc1. The van der Waals surface area contributed by atoms with Gasteiger partial charge >= 0.3 is 0 Å². The van der Waals surface area contributed by atoms with Crippen molar-refractivity contribution in [3.05, 3.63) is 65.7 Å². The molecule has 2 aromatic carbocycles. The molecular weight excluding hydrogens is 540 g/mol. The standard InChI is InChI=1S/C41H64O3/c1-3-5-7-9-11-13-14-15-16-17-18-20-21-23-34-43-39-31-28-37(29-32-39)30-33-41(42)38-26-25-27-40(36-38)44-35-24-22-19-12-10-8-6-4-2/h25-33,36H,3-24,34-35H2,1-2H3/b33-30+. The lowest BCUT2D eigenvalue weighted by Gasteiger charge is -2.07. The van der Waals surface area contributed by atoms with Gasteiger partial charge in [-0.05, 0) is 48.7 Å². The predicted octanol–water partition coefficient (Wildman–Crippen LogP) is 13.0. The third kappa shape index (κ3) is 19.7. The van der Waals surface area contributed by atoms with Crippen LogP contribution >= 0.6 is 0 Å². The number of ketones is 1. The molecule has 0 saturated carbocycles. The van der Waals surface area contributed by atoms with Crippen LogP contribution in [0.2, 0.25) is 0 Å². The van der Waals surface area contributed by atoms with Crippen LogP contribution in [0.1, 0.15) is 171 Å². The summed E-state index contributed by atoms with van der Waals surface area (Å²) < 4.78 is 11.9. The largest absolute Gasteiger partial charge is 0.494 e. The summed E-state index contributed by atoms with van der Waals surface area (Å²) in [4.78, 5) is 12.8. The maximum Gasteiger partial charge on any atom is 0.185 e. The molecule has 0 aliphatic heterocycles. The fourth-order valence-corrected chi connectivity index (χ4v) is 5.60. The molecule has 2 aromatic rings. The third-order valence-electron chi connectivity index (χ3n) is 8.46. The molecule has 246 valence electrons. The first-order chi connectivity index (χ1) is 21.7. The van der Waals surface area contributed by atoms with Crippen LogP contribution in [0.5, 0.6) is 11.5 Å². The number of ether oxygens (including phenoxy) is 2. The van der Waals surface area contributed by atoms with E-state index in [-0.39, 0.29) is 5.78 Å². The van der Waals surface area contributed by atoms with Gasteiger partial charge in [-0.1, -0.05) is 173 Å². The summed E-state index contributed by atoms with van der Waals surface area (Å²) in [6.45, 7) is 6.01. The van der Waals surface area contributed by atoms with Crippen LogP contribution in [0.15, 0.2) is 54.6 Å². The van der Waals surface area contributed by atoms with Crippen molar-refractivity contribution in [2.24, 2.45) is 0 Å². The Bertz CT molecular complexity index is 978. The fourth-order valence-electron chi connectivity index (χ4n) is 5.60. The molecule has 3 nitrogen and oxygen atoms in total. The molecule has 0 atom stereocenters. The Hall–Kier alpha value is -2.55. The number of benzene rings is 2. The molecule has 0 unspecified atom stereocenters. The van der Waals surface area contributed by atoms with Gasteiger partial charge in [0, 0.05) is 5.56 Å². The molecule has 3 heteroatoms. The van der Waals surface area contributed by atoms with E-state index in [4.69, 9.17) is 9.47 Å². The van der Waals surface area contributed by atoms with Crippen molar-refractivity contribution in [2.75, 3.05) is 13.2 Å². The summed E-state index contributed by atoms with van der Waals surface area (Å²) >= 11 is 0. The minimum atomic E-state index is -0.0133. The maximum absolute atomic E-state index is 12.8. The van der Waals surface area contributed by atoms with Crippen molar-refractivity contribution in [1.29, 1.82) is 0 Å². The summed E-state index contributed by atoms with van der Waals surface area (Å²) in [6, 6.07) is 15.5. The zero-order chi connectivity index (χ0) is 31.3. The van der Waals surface area contributed by atoms with Gasteiger partial charge in [-0.15, -0.1) is 0 Å². The Morgan fingerprint density at radius 3 is 1.43 bits per heavy atom. The molecule has 0 radical (unpaired) electrons. The number of carbonyl (C=O) groups excluding carboxylic acids is 1. The molecular formula is C41H64O3. The maximum atomic E-state index is 12.8. The van der Waals surface area contributed by atoms with Crippen LogP contribution in [0.25, 0.3) is 6.08 Å². The van der Waals surface area contributed by atoms with Crippen LogP contribution in [0.3, 0.4) is 0 Å². The highest BCUT2D eigenvalue weighted by molar-refractivity contribution is 6.07. The van der Waals surface area contributed by atoms with Gasteiger partial charge in [0.1, 0.15) is 11.5 Å². The Kier molecular flexibility index (Phi) is 22.9. The summed E-state index contributed by atoms with van der Waals surface area (Å²) in [5.74, 6) is 1.65. The van der Waals surface area contributed by atoms with Crippen molar-refractivity contribution in [1.82, 2.24) is 0 Å². The Morgan fingerprint density at radius 2 is 0.955 bits per heavy atom. The van der Waals surface area contributed by atoms with Gasteiger partial charge in [0.15, 0.2) is 5.78 Å². The second-order valence-electron chi connectivity index (χ2n) is 12.6. The number of hydrogen-bond donors (Lipinski definition) is 0. The molecule has 0 saturated heterocycles. The van der Waals surface area contributed by atoms with E-state index in [1.807, 2.05) is 54.6 Å². The molecule has 44 heavy (non-hydrogen) atoms. The highest BCUT2D eigenvalue weighted by atomic mass is 16.5. The first kappa shape index (κ1) is 37.6. The van der Waals surface area contributed by atoms with E-state index in [1.54, 1.807) is 6.08 Å². The Labute approximate surface area is 271 Å². The van der Waals surface area contributed by atoms with Crippen molar-refractivity contribution < 1.29 is 14.3 Å². The van der Waals surface area contributed by atoms with Crippen LogP contribution in [-0.4, -0.2) is 19.0 Å². The van der Waals surface area contributed by atoms with Crippen LogP contribution in [0.4, 0.5) is 0 Å². The fraction of sp³-hybridized carbons (Fsp3) is 0.634. The number of carbonyl (C=O) groups is 1. The minimum absolute atomic E-state index is 0.0133. The zero-order valence-electron chi connectivity index (χ0n) is 28.5. The Balaban J connectivity index is 1.52. The van der Waals surface area contributed by atoms with Gasteiger partial charge in [0.05, 0.1) is 13.2 Å². The first-order valence-corrected chi connectivity index (χ1v) is 18.4. The summed E-state index contributed by atoms with van der Waals surface area (Å²) in [5.41, 5.74) is 1.65. The molecule has 0 amide bonds. The lowest BCUT2D eigenvalue weighted by Crippen LogP contribution is -2.00. The number of rotatable bonds is 29. The van der Waals surface area contributed by atoms with Gasteiger partial charge < -0.3 is 9.47 Å². The van der Waals surface area contributed by atoms with Crippen molar-refractivity contribution >= 4 is 11.9 Å². The molecule has 0 aliphatic carbocycles. The smallest absolute Gasteiger partial charge is 0.185 e. The second kappa shape index (κ2) is 26.8. The van der Waals surface area contributed by atoms with Gasteiger partial charge in [0.2, 0.25) is 0 Å². The molecule has 0 fully saturated rings. The minimum Gasteiger partial charge on any atom is -0.494 e. The number of allylic oxidation sites excluding steroid dienone is 1. The third-order valence-corrected chi connectivity index (χ3v) is 8.46. The predicted molar refractivity (Wildman–Crippen MR) is 190 cm³/mol. The highest BCUT2D eigenvalue weighted by Gasteiger charge is 2.04. The van der Waals surface area contributed by atoms with Crippen molar-refractivity contribution in [2.45, 2.75) is 155 Å². The average Bonchev–Trinajstić information content (AvgIpc) is 3.05. The normalized spacial score (nSPS) is 11.3. The molecule has 0 heterocycles. The second-order valence-corrected chi connectivity index (χ2v) is 12.6. The molecule has 0 bridgehead atoms. The van der Waals surface area contributed by atoms with E-state index in [0.29, 0.717) is 12.2 Å². The van der Waals surface area contributed by atoms with Crippen LogP contribution < -0.4 is 9.47 Å². The van der Waals surface area contributed by atoms with Gasteiger partial charge in [-0.3, -0.25) is 4.79 Å². The zero-order valence-corrected chi connectivity index (χ0v) is 28.5. The number of hydrogen-bond acceptors (Lipinski definition) is 3. The van der Waals surface area contributed by atoms with Gasteiger partial charge in [-0.25, -0.2) is 0 Å². The van der Waals surface area contributed by atoms with Gasteiger partial charge in [0.25, 0.3) is 0 Å². The van der Waals surface area contributed by atoms with Crippen LogP contribution in [-0.2, 0) is 0 Å². The average molecular weight is 605 g/mol. The molecule has 0 aliphatic rings. The topological polar surface area (TPSA) is 35.5 Å². The van der Waals surface area contributed by atoms with E-state index in [2.05, 4.69) is 13.8 Å². The van der Waals surface area contributed by atoms with E-state index in [1.165, 1.54) is 128 Å². The molecule has 0 N–H and O–H groups in total. The summed E-state index contributed by atoms with van der Waals surface area (Å²) in [7, 11) is 0. The van der Waals surface area contributed by atoms with Crippen LogP contribution in [0, 0.1) is 0 Å². The van der Waals surface area contributed by atoms with E-state index < -0.39 is 0 Å². The summed E-state index contributed by atoms with van der Waals surface area (Å²) in [5, 5.41) is 0. The Morgan fingerprint density at radius 1 is 0.523 bits per heavy atom. The highest BCUT2D eigenvalue weighted by Crippen LogP contribution is 2.18. The molecule has 0 aromatic heterocycles. The summed E-state index contributed by atoms with van der Waals surface area (Å²) in [6.07, 6.45) is 32.9. The molecule has 2 rings (SSSR count). The number of unbranched alkanes of at least 4 members (excludes halogenated alkanes) is 20. The van der Waals surface area contributed by atoms with E-state index in [9.17, 15) is 4.79 Å². The van der Waals surface area contributed by atoms with E-state index >= 15 is 0 Å². The monoisotopic (exact) mass is 604 g/mol. The lowest BCUT2D eigenvalue weighted by atomic mass is 10.0. The van der Waals surface area contributed by atoms with E-state index in [0.717, 1.165) is 36.5 Å². The van der Waals surface area contributed by atoms with Gasteiger partial charge in [-0.2, -0.15) is 0 Å².